The second-order valence-electron chi connectivity index (χ2n) is 12.0. The zero-order chi connectivity index (χ0) is 30.2. The average molecular weight is 580 g/mol. The molecule has 4 rings (SSSR count). The second kappa shape index (κ2) is 11.6. The van der Waals surface area contributed by atoms with E-state index in [1.165, 1.54) is 28.6 Å². The molecule has 2 aromatic carbocycles. The number of carboxylic acid groups (broad SMARTS) is 1. The van der Waals surface area contributed by atoms with E-state index >= 15 is 0 Å². The summed E-state index contributed by atoms with van der Waals surface area (Å²) in [6, 6.07) is 11.5. The number of hydrogen-bond donors (Lipinski definition) is 2. The summed E-state index contributed by atoms with van der Waals surface area (Å²) in [6.07, 6.45) is 10.00. The van der Waals surface area contributed by atoms with E-state index in [9.17, 15) is 17.8 Å². The van der Waals surface area contributed by atoms with Gasteiger partial charge >= 0.3 is 5.97 Å². The molecule has 7 nitrogen and oxygen atoms in total. The van der Waals surface area contributed by atoms with Crippen LogP contribution in [0, 0.1) is 0 Å². The first-order valence-electron chi connectivity index (χ1n) is 14.5. The Morgan fingerprint density at radius 2 is 1.71 bits per heavy atom. The van der Waals surface area contributed by atoms with Gasteiger partial charge in [-0.25, -0.2) is 0 Å². The van der Waals surface area contributed by atoms with E-state index in [2.05, 4.69) is 87.4 Å². The monoisotopic (exact) mass is 579 g/mol. The lowest BCUT2D eigenvalue weighted by molar-refractivity contribution is -0.438. The number of fused-ring (bicyclic) bond motifs is 2. The number of carbonyl (C=O) groups is 1. The fraction of sp³-hybridized carbons (Fsp3) is 0.455. The Kier molecular flexibility index (Phi) is 8.67. The number of rotatable bonds is 11. The number of aliphatic carboxylic acids is 1. The molecule has 41 heavy (non-hydrogen) atoms. The zero-order valence-electron chi connectivity index (χ0n) is 25.1. The van der Waals surface area contributed by atoms with Gasteiger partial charge in [-0.3, -0.25) is 9.35 Å². The van der Waals surface area contributed by atoms with Crippen molar-refractivity contribution in [2.45, 2.75) is 89.4 Å². The molecule has 0 saturated carbocycles. The molecule has 0 saturated heterocycles. The van der Waals surface area contributed by atoms with Gasteiger partial charge in [0.2, 0.25) is 5.69 Å². The molecule has 0 atom stereocenters. The first-order chi connectivity index (χ1) is 19.2. The van der Waals surface area contributed by atoms with Crippen molar-refractivity contribution in [3.05, 3.63) is 77.0 Å². The maximum atomic E-state index is 11.8. The van der Waals surface area contributed by atoms with Crippen LogP contribution >= 0.6 is 0 Å². The minimum atomic E-state index is -4.30. The van der Waals surface area contributed by atoms with Crippen LogP contribution in [0.3, 0.4) is 0 Å². The summed E-state index contributed by atoms with van der Waals surface area (Å²) in [5, 5.41) is 9.01. The molecule has 2 N–H and O–H groups in total. The van der Waals surface area contributed by atoms with Gasteiger partial charge in [-0.15, -0.1) is 0 Å². The van der Waals surface area contributed by atoms with Crippen LogP contribution in [0.15, 0.2) is 65.2 Å². The van der Waals surface area contributed by atoms with Crippen LogP contribution in [0.25, 0.3) is 0 Å². The predicted molar refractivity (Wildman–Crippen MR) is 164 cm³/mol. The molecular formula is C33H43N2O5S+. The van der Waals surface area contributed by atoms with E-state index in [0.29, 0.717) is 6.42 Å². The first-order valence-corrected chi connectivity index (χ1v) is 16.0. The Hall–Kier alpha value is -3.23. The molecule has 0 spiro atoms. The summed E-state index contributed by atoms with van der Waals surface area (Å²) in [5.41, 5.74) is 7.21. The van der Waals surface area contributed by atoms with Crippen LogP contribution in [0.2, 0.25) is 0 Å². The Balaban J connectivity index is 1.71. The van der Waals surface area contributed by atoms with Crippen molar-refractivity contribution in [3.8, 4) is 0 Å². The fourth-order valence-electron chi connectivity index (χ4n) is 6.29. The molecule has 0 unspecified atom stereocenters. The number of anilines is 1. The van der Waals surface area contributed by atoms with Gasteiger partial charge in [-0.2, -0.15) is 13.0 Å². The van der Waals surface area contributed by atoms with Crippen molar-refractivity contribution in [2.24, 2.45) is 0 Å². The molecule has 0 aromatic heterocycles. The van der Waals surface area contributed by atoms with Gasteiger partial charge in [0.25, 0.3) is 10.1 Å². The van der Waals surface area contributed by atoms with Crippen LogP contribution in [0.5, 0.6) is 0 Å². The Labute approximate surface area is 244 Å². The highest BCUT2D eigenvalue weighted by molar-refractivity contribution is 7.85. The highest BCUT2D eigenvalue weighted by Gasteiger charge is 2.44. The molecule has 2 aliphatic rings. The Morgan fingerprint density at radius 3 is 2.34 bits per heavy atom. The lowest BCUT2D eigenvalue weighted by Gasteiger charge is -2.25. The first kappa shape index (κ1) is 30.7. The molecule has 2 heterocycles. The van der Waals surface area contributed by atoms with Crippen LogP contribution in [0.1, 0.15) is 83.9 Å². The number of likely N-dealkylation sites (N-methyl/N-ethyl adjacent to an activating group) is 1. The summed E-state index contributed by atoms with van der Waals surface area (Å²) in [4.78, 5) is 13.1. The summed E-state index contributed by atoms with van der Waals surface area (Å²) in [6.45, 7) is 14.4. The molecule has 0 bridgehead atoms. The number of nitrogens with zero attached hydrogens (tertiary/aromatic N) is 2. The van der Waals surface area contributed by atoms with Crippen LogP contribution in [-0.2, 0) is 32.2 Å². The highest BCUT2D eigenvalue weighted by atomic mass is 32.2. The van der Waals surface area contributed by atoms with E-state index in [0.717, 1.165) is 49.3 Å². The van der Waals surface area contributed by atoms with Crippen LogP contribution < -0.4 is 4.90 Å². The van der Waals surface area contributed by atoms with Crippen LogP contribution in [-0.4, -0.2) is 47.4 Å². The molecule has 2 aliphatic heterocycles. The van der Waals surface area contributed by atoms with Crippen molar-refractivity contribution < 1.29 is 27.4 Å². The minimum absolute atomic E-state index is 0.0939. The number of carboxylic acids is 1. The molecule has 220 valence electrons. The molecular weight excluding hydrogens is 536 g/mol. The zero-order valence-corrected chi connectivity index (χ0v) is 25.9. The van der Waals surface area contributed by atoms with Gasteiger partial charge in [0.15, 0.2) is 5.71 Å². The van der Waals surface area contributed by atoms with Crippen molar-refractivity contribution in [3.63, 3.8) is 0 Å². The predicted octanol–water partition coefficient (Wildman–Crippen LogP) is 6.77. The lowest BCUT2D eigenvalue weighted by atomic mass is 9.80. The third kappa shape index (κ3) is 5.90. The summed E-state index contributed by atoms with van der Waals surface area (Å²) in [7, 11) is -4.30. The van der Waals surface area contributed by atoms with Gasteiger partial charge in [0.05, 0.1) is 10.3 Å². The number of hydrogen-bond acceptors (Lipinski definition) is 4. The van der Waals surface area contributed by atoms with E-state index in [1.807, 2.05) is 0 Å². The largest absolute Gasteiger partial charge is 0.481 e. The number of unbranched alkanes of at least 4 members (excludes halogenated alkanes) is 2. The second-order valence-corrected chi connectivity index (χ2v) is 13.4. The van der Waals surface area contributed by atoms with Crippen LogP contribution in [0.4, 0.5) is 11.4 Å². The van der Waals surface area contributed by atoms with E-state index in [4.69, 9.17) is 5.11 Å². The van der Waals surface area contributed by atoms with Crippen molar-refractivity contribution in [1.29, 1.82) is 0 Å². The number of aryl methyl sites for hydroxylation is 1. The van der Waals surface area contributed by atoms with E-state index in [-0.39, 0.29) is 16.7 Å². The summed E-state index contributed by atoms with van der Waals surface area (Å²) >= 11 is 0. The lowest BCUT2D eigenvalue weighted by Crippen LogP contribution is -2.28. The normalized spacial score (nSPS) is 18.4. The minimum Gasteiger partial charge on any atom is -0.481 e. The number of allylic oxidation sites excluding steroid dienone is 4. The van der Waals surface area contributed by atoms with Crippen molar-refractivity contribution >= 4 is 33.2 Å². The maximum absolute atomic E-state index is 11.8. The smallest absolute Gasteiger partial charge is 0.303 e. The van der Waals surface area contributed by atoms with Gasteiger partial charge in [0.1, 0.15) is 6.54 Å². The Morgan fingerprint density at radius 1 is 0.976 bits per heavy atom. The molecule has 8 heteroatoms. The fourth-order valence-corrected chi connectivity index (χ4v) is 6.80. The summed E-state index contributed by atoms with van der Waals surface area (Å²) in [5.74, 6) is -0.750. The van der Waals surface area contributed by atoms with Gasteiger partial charge in [-0.1, -0.05) is 32.9 Å². The topological polar surface area (TPSA) is 97.9 Å². The number of benzene rings is 2. The summed E-state index contributed by atoms with van der Waals surface area (Å²) < 4.78 is 35.7. The molecule has 0 fully saturated rings. The quantitative estimate of drug-likeness (QED) is 0.173. The SMILES string of the molecule is CCc1ccc2c(c1)C(C)(C)C(/C=C/C=C1/N(CC)c3ccc(S(=O)(=O)O)cc3C1(C)C)=[N+]2CCCCCC(=O)O. The van der Waals surface area contributed by atoms with Crippen molar-refractivity contribution in [2.75, 3.05) is 18.0 Å². The molecule has 0 aliphatic carbocycles. The maximum Gasteiger partial charge on any atom is 0.303 e. The van der Waals surface area contributed by atoms with E-state index < -0.39 is 21.5 Å². The van der Waals surface area contributed by atoms with Gasteiger partial charge in [-0.05, 0) is 81.5 Å². The van der Waals surface area contributed by atoms with Gasteiger partial charge < -0.3 is 10.0 Å². The third-order valence-electron chi connectivity index (χ3n) is 8.62. The van der Waals surface area contributed by atoms with E-state index in [1.54, 1.807) is 12.1 Å². The van der Waals surface area contributed by atoms with Crippen molar-refractivity contribution in [1.82, 2.24) is 0 Å². The molecule has 2 aromatic rings. The Bertz CT molecular complexity index is 1550. The van der Waals surface area contributed by atoms with Gasteiger partial charge in [0, 0.05) is 53.9 Å². The molecule has 0 amide bonds. The standard InChI is InChI=1S/C33H42N2O5S/c1-7-23-16-18-28-25(21-23)32(3,4)30(35(28)20-11-9-10-15-31(36)37)14-12-13-29-33(5,6)26-22-24(41(38,39)40)17-19-27(26)34(29)8-2/h12-14,16-19,21-22H,7-11,15,20H2,1-6H3,(H-,36,37,38,39,40)/p+1. The molecule has 0 radical (unpaired) electrons. The third-order valence-corrected chi connectivity index (χ3v) is 9.47. The average Bonchev–Trinajstić information content (AvgIpc) is 3.25. The highest BCUT2D eigenvalue weighted by Crippen LogP contribution is 2.48.